The molecule has 0 heterocycles. The molecule has 0 radical (unpaired) electrons. The van der Waals surface area contributed by atoms with Crippen LogP contribution < -0.4 is 5.32 Å². The van der Waals surface area contributed by atoms with Crippen LogP contribution in [-0.2, 0) is 9.59 Å². The third-order valence-electron chi connectivity index (χ3n) is 4.08. The molecule has 1 amide bonds. The quantitative estimate of drug-likeness (QED) is 0.888. The normalized spacial score (nSPS) is 23.9. The molecular formula is C16H21NO3. The van der Waals surface area contributed by atoms with Gasteiger partial charge < -0.3 is 10.4 Å². The number of carboxylic acids is 1. The number of aliphatic carboxylic acids is 1. The van der Waals surface area contributed by atoms with Crippen molar-refractivity contribution in [3.63, 3.8) is 0 Å². The van der Waals surface area contributed by atoms with Gasteiger partial charge in [0.2, 0.25) is 5.91 Å². The molecule has 1 saturated carbocycles. The van der Waals surface area contributed by atoms with E-state index in [4.69, 9.17) is 0 Å². The lowest BCUT2D eigenvalue weighted by Crippen LogP contribution is -2.40. The Balaban J connectivity index is 2.01. The van der Waals surface area contributed by atoms with E-state index in [1.807, 2.05) is 37.3 Å². The average molecular weight is 275 g/mol. The molecule has 1 aromatic rings. The fourth-order valence-corrected chi connectivity index (χ4v) is 2.89. The number of carboxylic acid groups (broad SMARTS) is 1. The minimum Gasteiger partial charge on any atom is -0.481 e. The van der Waals surface area contributed by atoms with Gasteiger partial charge in [-0.2, -0.15) is 0 Å². The van der Waals surface area contributed by atoms with Crippen LogP contribution in [0, 0.1) is 11.8 Å². The van der Waals surface area contributed by atoms with E-state index >= 15 is 0 Å². The molecule has 1 fully saturated rings. The van der Waals surface area contributed by atoms with Crippen molar-refractivity contribution in [1.82, 2.24) is 5.32 Å². The highest BCUT2D eigenvalue weighted by Gasteiger charge is 2.36. The zero-order valence-electron chi connectivity index (χ0n) is 11.7. The lowest BCUT2D eigenvalue weighted by Gasteiger charge is -2.28. The van der Waals surface area contributed by atoms with E-state index in [0.717, 1.165) is 18.4 Å². The largest absolute Gasteiger partial charge is 0.481 e. The summed E-state index contributed by atoms with van der Waals surface area (Å²) in [5, 5.41) is 12.2. The summed E-state index contributed by atoms with van der Waals surface area (Å²) in [5.41, 5.74) is 1.03. The van der Waals surface area contributed by atoms with Gasteiger partial charge in [0.1, 0.15) is 0 Å². The maximum absolute atomic E-state index is 12.3. The third-order valence-corrected chi connectivity index (χ3v) is 4.08. The van der Waals surface area contributed by atoms with Gasteiger partial charge in [0.05, 0.1) is 17.9 Å². The van der Waals surface area contributed by atoms with Gasteiger partial charge in [-0.05, 0) is 25.3 Å². The number of nitrogens with one attached hydrogen (secondary N) is 1. The lowest BCUT2D eigenvalue weighted by atomic mass is 9.78. The fraction of sp³-hybridized carbons (Fsp3) is 0.500. The molecule has 0 saturated heterocycles. The van der Waals surface area contributed by atoms with Crippen LogP contribution in [0.2, 0.25) is 0 Å². The zero-order valence-corrected chi connectivity index (χ0v) is 11.7. The van der Waals surface area contributed by atoms with Crippen molar-refractivity contribution >= 4 is 11.9 Å². The number of hydrogen-bond donors (Lipinski definition) is 2. The van der Waals surface area contributed by atoms with Crippen LogP contribution in [0.3, 0.4) is 0 Å². The Morgan fingerprint density at radius 3 is 2.35 bits per heavy atom. The Labute approximate surface area is 119 Å². The Kier molecular flexibility index (Phi) is 4.77. The summed E-state index contributed by atoms with van der Waals surface area (Å²) in [6, 6.07) is 9.61. The van der Waals surface area contributed by atoms with E-state index in [-0.39, 0.29) is 11.9 Å². The van der Waals surface area contributed by atoms with Crippen molar-refractivity contribution in [1.29, 1.82) is 0 Å². The third kappa shape index (κ3) is 3.38. The van der Waals surface area contributed by atoms with E-state index < -0.39 is 17.8 Å². The van der Waals surface area contributed by atoms with Crippen molar-refractivity contribution in [3.8, 4) is 0 Å². The topological polar surface area (TPSA) is 66.4 Å². The number of hydrogen-bond acceptors (Lipinski definition) is 2. The number of carbonyl (C=O) groups excluding carboxylic acids is 1. The van der Waals surface area contributed by atoms with Crippen LogP contribution in [0.1, 0.15) is 44.2 Å². The van der Waals surface area contributed by atoms with Crippen molar-refractivity contribution in [2.75, 3.05) is 0 Å². The molecule has 1 aliphatic rings. The second-order valence-corrected chi connectivity index (χ2v) is 5.48. The molecule has 1 aliphatic carbocycles. The van der Waals surface area contributed by atoms with Crippen LogP contribution >= 0.6 is 0 Å². The fourth-order valence-electron chi connectivity index (χ4n) is 2.89. The number of benzene rings is 1. The molecule has 108 valence electrons. The monoisotopic (exact) mass is 275 g/mol. The van der Waals surface area contributed by atoms with Crippen LogP contribution in [-0.4, -0.2) is 17.0 Å². The first-order valence-electron chi connectivity index (χ1n) is 7.17. The van der Waals surface area contributed by atoms with Crippen molar-refractivity contribution in [2.45, 2.75) is 38.6 Å². The van der Waals surface area contributed by atoms with Crippen LogP contribution in [0.4, 0.5) is 0 Å². The molecule has 3 atom stereocenters. The van der Waals surface area contributed by atoms with Gasteiger partial charge in [-0.3, -0.25) is 9.59 Å². The minimum absolute atomic E-state index is 0.0972. The van der Waals surface area contributed by atoms with E-state index in [1.165, 1.54) is 0 Å². The summed E-state index contributed by atoms with van der Waals surface area (Å²) < 4.78 is 0. The van der Waals surface area contributed by atoms with E-state index in [2.05, 4.69) is 5.32 Å². The van der Waals surface area contributed by atoms with Crippen molar-refractivity contribution in [2.24, 2.45) is 11.8 Å². The van der Waals surface area contributed by atoms with Gasteiger partial charge in [0.15, 0.2) is 0 Å². The molecule has 2 N–H and O–H groups in total. The number of carbonyl (C=O) groups is 2. The van der Waals surface area contributed by atoms with E-state index in [1.54, 1.807) is 0 Å². The summed E-state index contributed by atoms with van der Waals surface area (Å²) in [7, 11) is 0. The maximum atomic E-state index is 12.3. The summed E-state index contributed by atoms with van der Waals surface area (Å²) >= 11 is 0. The van der Waals surface area contributed by atoms with E-state index in [9.17, 15) is 14.7 Å². The standard InChI is InChI=1S/C16H21NO3/c1-11(12-7-3-2-4-8-12)17-15(18)13-9-5-6-10-14(13)16(19)20/h2-4,7-8,11,13-14H,5-6,9-10H2,1H3,(H,17,18)(H,19,20)/t11-,13-,14+/m0/s1. The molecule has 0 bridgehead atoms. The molecule has 0 unspecified atom stereocenters. The summed E-state index contributed by atoms with van der Waals surface area (Å²) in [5.74, 6) is -1.91. The number of amides is 1. The zero-order chi connectivity index (χ0) is 14.5. The second kappa shape index (κ2) is 6.55. The van der Waals surface area contributed by atoms with Gasteiger partial charge in [-0.25, -0.2) is 0 Å². The minimum atomic E-state index is -0.850. The highest BCUT2D eigenvalue weighted by molar-refractivity contribution is 5.85. The van der Waals surface area contributed by atoms with Crippen LogP contribution in [0.15, 0.2) is 30.3 Å². The smallest absolute Gasteiger partial charge is 0.307 e. The maximum Gasteiger partial charge on any atom is 0.307 e. The van der Waals surface area contributed by atoms with Crippen molar-refractivity contribution < 1.29 is 14.7 Å². The van der Waals surface area contributed by atoms with E-state index in [0.29, 0.717) is 12.8 Å². The highest BCUT2D eigenvalue weighted by atomic mass is 16.4. The summed E-state index contributed by atoms with van der Waals surface area (Å²) in [6.07, 6.45) is 3.11. The van der Waals surface area contributed by atoms with Crippen molar-refractivity contribution in [3.05, 3.63) is 35.9 Å². The Morgan fingerprint density at radius 1 is 1.15 bits per heavy atom. The predicted octanol–water partition coefficient (Wildman–Crippen LogP) is 2.75. The molecule has 0 spiro atoms. The Bertz CT molecular complexity index is 472. The van der Waals surface area contributed by atoms with Crippen LogP contribution in [0.25, 0.3) is 0 Å². The molecule has 0 aliphatic heterocycles. The predicted molar refractivity (Wildman–Crippen MR) is 76.1 cm³/mol. The summed E-state index contributed by atoms with van der Waals surface area (Å²) in [4.78, 5) is 23.6. The second-order valence-electron chi connectivity index (χ2n) is 5.48. The van der Waals surface area contributed by atoms with Gasteiger partial charge in [0.25, 0.3) is 0 Å². The average Bonchev–Trinajstić information content (AvgIpc) is 2.48. The Morgan fingerprint density at radius 2 is 1.75 bits per heavy atom. The first kappa shape index (κ1) is 14.6. The molecule has 2 rings (SSSR count). The van der Waals surface area contributed by atoms with Gasteiger partial charge in [-0.15, -0.1) is 0 Å². The molecular weight excluding hydrogens is 254 g/mol. The first-order chi connectivity index (χ1) is 9.59. The molecule has 0 aromatic heterocycles. The highest BCUT2D eigenvalue weighted by Crippen LogP contribution is 2.31. The number of rotatable bonds is 4. The van der Waals surface area contributed by atoms with Crippen LogP contribution in [0.5, 0.6) is 0 Å². The molecule has 4 nitrogen and oxygen atoms in total. The lowest BCUT2D eigenvalue weighted by molar-refractivity contribution is -0.149. The van der Waals surface area contributed by atoms with Gasteiger partial charge >= 0.3 is 5.97 Å². The molecule has 20 heavy (non-hydrogen) atoms. The Hall–Kier alpha value is -1.84. The SMILES string of the molecule is C[C@H](NC(=O)[C@H]1CCCC[C@H]1C(=O)O)c1ccccc1. The van der Waals surface area contributed by atoms with Gasteiger partial charge in [0, 0.05) is 0 Å². The molecule has 4 heteroatoms. The first-order valence-corrected chi connectivity index (χ1v) is 7.17. The molecule has 1 aromatic carbocycles. The van der Waals surface area contributed by atoms with Gasteiger partial charge in [-0.1, -0.05) is 43.2 Å². The summed E-state index contributed by atoms with van der Waals surface area (Å²) in [6.45, 7) is 1.92.